The van der Waals surface area contributed by atoms with Crippen molar-refractivity contribution >= 4 is 5.97 Å². The smallest absolute Gasteiger partial charge is 0.343 e. The minimum atomic E-state index is -2.07. The maximum atomic E-state index is 14.4. The van der Waals surface area contributed by atoms with E-state index >= 15 is 0 Å². The quantitative estimate of drug-likeness (QED) is 0.670. The molecule has 1 spiro atoms. The van der Waals surface area contributed by atoms with Gasteiger partial charge in [0.1, 0.15) is 0 Å². The number of hydrogen-bond donors (Lipinski definition) is 2. The molecule has 1 aliphatic carbocycles. The molecular formula is C10H16FNO2. The van der Waals surface area contributed by atoms with E-state index in [1.807, 2.05) is 13.8 Å². The fraction of sp³-hybridized carbons (Fsp3) is 0.900. The molecule has 2 fully saturated rings. The predicted octanol–water partition coefficient (Wildman–Crippen LogP) is 1.19. The molecule has 80 valence electrons. The number of hydrogen-bond acceptors (Lipinski definition) is 2. The summed E-state index contributed by atoms with van der Waals surface area (Å²) >= 11 is 0. The summed E-state index contributed by atoms with van der Waals surface area (Å²) in [6, 6.07) is 0. The van der Waals surface area contributed by atoms with E-state index in [1.54, 1.807) is 0 Å². The fourth-order valence-corrected chi connectivity index (χ4v) is 3.03. The minimum absolute atomic E-state index is 0.0498. The normalized spacial score (nSPS) is 45.1. The molecule has 2 rings (SSSR count). The van der Waals surface area contributed by atoms with Gasteiger partial charge in [-0.05, 0) is 18.3 Å². The molecule has 4 heteroatoms. The van der Waals surface area contributed by atoms with Gasteiger partial charge in [-0.1, -0.05) is 13.8 Å². The highest BCUT2D eigenvalue weighted by atomic mass is 19.1. The number of carbonyl (C=O) groups is 1. The molecule has 3 nitrogen and oxygen atoms in total. The standard InChI is InChI=1S/C10H16FNO2/c1-8(2)3-4-9(8)5-12-6-10(9,11)7(13)14/h12H,3-6H2,1-2H3,(H,13,14). The summed E-state index contributed by atoms with van der Waals surface area (Å²) in [6.45, 7) is 4.36. The maximum absolute atomic E-state index is 14.4. The third-order valence-corrected chi connectivity index (χ3v) is 4.37. The van der Waals surface area contributed by atoms with Crippen molar-refractivity contribution < 1.29 is 14.3 Å². The number of carboxylic acids is 1. The van der Waals surface area contributed by atoms with Crippen LogP contribution in [-0.4, -0.2) is 29.8 Å². The first-order valence-electron chi connectivity index (χ1n) is 4.99. The summed E-state index contributed by atoms with van der Waals surface area (Å²) in [7, 11) is 0. The Labute approximate surface area is 82.7 Å². The van der Waals surface area contributed by atoms with E-state index in [2.05, 4.69) is 5.32 Å². The Morgan fingerprint density at radius 3 is 2.29 bits per heavy atom. The van der Waals surface area contributed by atoms with Crippen LogP contribution in [0.5, 0.6) is 0 Å². The third-order valence-electron chi connectivity index (χ3n) is 4.37. The molecule has 0 bridgehead atoms. The van der Waals surface area contributed by atoms with Crippen LogP contribution in [0.25, 0.3) is 0 Å². The largest absolute Gasteiger partial charge is 0.479 e. The van der Waals surface area contributed by atoms with Crippen molar-refractivity contribution in [2.75, 3.05) is 13.1 Å². The number of carboxylic acid groups (broad SMARTS) is 1. The van der Waals surface area contributed by atoms with Crippen LogP contribution in [0.3, 0.4) is 0 Å². The predicted molar refractivity (Wildman–Crippen MR) is 49.8 cm³/mol. The number of halogens is 1. The zero-order chi connectivity index (χ0) is 10.6. The van der Waals surface area contributed by atoms with Crippen molar-refractivity contribution in [3.05, 3.63) is 0 Å². The lowest BCUT2D eigenvalue weighted by Crippen LogP contribution is -2.63. The number of alkyl halides is 1. The van der Waals surface area contributed by atoms with Crippen molar-refractivity contribution in [1.29, 1.82) is 0 Å². The molecule has 0 amide bonds. The van der Waals surface area contributed by atoms with Gasteiger partial charge in [-0.15, -0.1) is 0 Å². The molecule has 2 aliphatic rings. The van der Waals surface area contributed by atoms with Gasteiger partial charge in [0.05, 0.1) is 0 Å². The molecule has 0 radical (unpaired) electrons. The first-order chi connectivity index (χ1) is 6.36. The summed E-state index contributed by atoms with van der Waals surface area (Å²) < 4.78 is 14.4. The van der Waals surface area contributed by atoms with Gasteiger partial charge in [0.25, 0.3) is 0 Å². The second-order valence-electron chi connectivity index (χ2n) is 5.18. The van der Waals surface area contributed by atoms with Crippen molar-refractivity contribution in [2.24, 2.45) is 10.8 Å². The first-order valence-corrected chi connectivity index (χ1v) is 4.99. The second kappa shape index (κ2) is 2.48. The molecule has 0 aromatic heterocycles. The van der Waals surface area contributed by atoms with Crippen molar-refractivity contribution in [3.63, 3.8) is 0 Å². The molecule has 2 atom stereocenters. The molecule has 14 heavy (non-hydrogen) atoms. The lowest BCUT2D eigenvalue weighted by atomic mass is 9.46. The fourth-order valence-electron chi connectivity index (χ4n) is 3.03. The Morgan fingerprint density at radius 2 is 2.00 bits per heavy atom. The van der Waals surface area contributed by atoms with Gasteiger partial charge in [0, 0.05) is 18.5 Å². The number of aliphatic carboxylic acids is 1. The van der Waals surface area contributed by atoms with E-state index in [-0.39, 0.29) is 12.0 Å². The lowest BCUT2D eigenvalue weighted by molar-refractivity contribution is -0.181. The SMILES string of the molecule is CC1(C)CCC12CNCC2(F)C(=O)O. The van der Waals surface area contributed by atoms with E-state index in [1.165, 1.54) is 0 Å². The third kappa shape index (κ3) is 0.829. The Morgan fingerprint density at radius 1 is 1.36 bits per heavy atom. The van der Waals surface area contributed by atoms with Gasteiger partial charge < -0.3 is 10.4 Å². The molecule has 0 aromatic carbocycles. The monoisotopic (exact) mass is 201 g/mol. The molecule has 1 aliphatic heterocycles. The van der Waals surface area contributed by atoms with Crippen LogP contribution < -0.4 is 5.32 Å². The molecule has 2 unspecified atom stereocenters. The summed E-state index contributed by atoms with van der Waals surface area (Å²) in [5.74, 6) is -1.31. The minimum Gasteiger partial charge on any atom is -0.479 e. The van der Waals surface area contributed by atoms with Crippen LogP contribution in [0.4, 0.5) is 4.39 Å². The molecule has 1 saturated heterocycles. The van der Waals surface area contributed by atoms with E-state index in [9.17, 15) is 9.18 Å². The van der Waals surface area contributed by atoms with E-state index in [0.717, 1.165) is 6.42 Å². The Balaban J connectivity index is 2.40. The Hall–Kier alpha value is -0.640. The van der Waals surface area contributed by atoms with Crippen LogP contribution in [-0.2, 0) is 4.79 Å². The highest BCUT2D eigenvalue weighted by Crippen LogP contribution is 2.64. The Bertz CT molecular complexity index is 292. The van der Waals surface area contributed by atoms with Gasteiger partial charge in [-0.25, -0.2) is 9.18 Å². The summed E-state index contributed by atoms with van der Waals surface area (Å²) in [5, 5.41) is 11.9. The van der Waals surface area contributed by atoms with E-state index in [4.69, 9.17) is 5.11 Å². The number of nitrogens with one attached hydrogen (secondary N) is 1. The average molecular weight is 201 g/mol. The van der Waals surface area contributed by atoms with Gasteiger partial charge in [0.15, 0.2) is 0 Å². The van der Waals surface area contributed by atoms with Crippen LogP contribution >= 0.6 is 0 Å². The lowest BCUT2D eigenvalue weighted by Gasteiger charge is -2.57. The van der Waals surface area contributed by atoms with Crippen molar-refractivity contribution in [3.8, 4) is 0 Å². The summed E-state index contributed by atoms with van der Waals surface area (Å²) in [6.07, 6.45) is 1.59. The molecule has 1 saturated carbocycles. The molecule has 2 N–H and O–H groups in total. The summed E-state index contributed by atoms with van der Waals surface area (Å²) in [4.78, 5) is 11.0. The van der Waals surface area contributed by atoms with Crippen LogP contribution in [0, 0.1) is 10.8 Å². The van der Waals surface area contributed by atoms with Gasteiger partial charge in [-0.2, -0.15) is 0 Å². The molecule has 0 aromatic rings. The van der Waals surface area contributed by atoms with Crippen molar-refractivity contribution in [1.82, 2.24) is 5.32 Å². The highest BCUT2D eigenvalue weighted by Gasteiger charge is 2.71. The highest BCUT2D eigenvalue weighted by molar-refractivity contribution is 5.80. The van der Waals surface area contributed by atoms with Crippen LogP contribution in [0.1, 0.15) is 26.7 Å². The van der Waals surface area contributed by atoms with Gasteiger partial charge in [-0.3, -0.25) is 0 Å². The zero-order valence-corrected chi connectivity index (χ0v) is 8.56. The van der Waals surface area contributed by atoms with E-state index in [0.29, 0.717) is 13.0 Å². The molecular weight excluding hydrogens is 185 g/mol. The van der Waals surface area contributed by atoms with Gasteiger partial charge >= 0.3 is 5.97 Å². The molecule has 1 heterocycles. The summed E-state index contributed by atoms with van der Waals surface area (Å²) in [5.41, 5.74) is -2.97. The van der Waals surface area contributed by atoms with Gasteiger partial charge in [0.2, 0.25) is 5.67 Å². The van der Waals surface area contributed by atoms with Crippen LogP contribution in [0.15, 0.2) is 0 Å². The van der Waals surface area contributed by atoms with E-state index < -0.39 is 17.1 Å². The van der Waals surface area contributed by atoms with Crippen molar-refractivity contribution in [2.45, 2.75) is 32.4 Å². The Kier molecular flexibility index (Phi) is 1.75. The topological polar surface area (TPSA) is 49.3 Å². The maximum Gasteiger partial charge on any atom is 0.343 e. The average Bonchev–Trinajstić information content (AvgIpc) is 2.45. The van der Waals surface area contributed by atoms with Crippen LogP contribution in [0.2, 0.25) is 0 Å². The second-order valence-corrected chi connectivity index (χ2v) is 5.18. The number of rotatable bonds is 1. The zero-order valence-electron chi connectivity index (χ0n) is 8.56. The first kappa shape index (κ1) is 9.90.